The van der Waals surface area contributed by atoms with Crippen molar-refractivity contribution in [3.05, 3.63) is 76.6 Å². The number of ether oxygens (including phenoxy) is 1. The van der Waals surface area contributed by atoms with Crippen LogP contribution in [-0.4, -0.2) is 16.4 Å². The highest BCUT2D eigenvalue weighted by Crippen LogP contribution is 2.33. The lowest BCUT2D eigenvalue weighted by molar-refractivity contribution is -0.129. The lowest BCUT2D eigenvalue weighted by Gasteiger charge is -2.01. The summed E-state index contributed by atoms with van der Waals surface area (Å²) in [5, 5.41) is 1.57. The Labute approximate surface area is 150 Å². The number of nitrogens with zero attached hydrogens (tertiary/aromatic N) is 2. The molecule has 0 saturated heterocycles. The molecule has 1 aliphatic heterocycles. The molecule has 25 heavy (non-hydrogen) atoms. The van der Waals surface area contributed by atoms with Crippen molar-refractivity contribution >= 4 is 40.4 Å². The first kappa shape index (κ1) is 15.7. The molecule has 2 heterocycles. The van der Waals surface area contributed by atoms with Gasteiger partial charge in [-0.2, -0.15) is 0 Å². The smallest absolute Gasteiger partial charge is 0.363 e. The molecule has 0 fully saturated rings. The minimum absolute atomic E-state index is 0.250. The number of cyclic esters (lactones) is 1. The second-order valence-electron chi connectivity index (χ2n) is 5.67. The Kier molecular flexibility index (Phi) is 3.90. The van der Waals surface area contributed by atoms with Gasteiger partial charge in [0.2, 0.25) is 5.90 Å². The molecule has 3 aromatic rings. The largest absolute Gasteiger partial charge is 0.402 e. The fourth-order valence-electron chi connectivity index (χ4n) is 3.00. The molecule has 5 heteroatoms. The van der Waals surface area contributed by atoms with Crippen LogP contribution < -0.4 is 0 Å². The first-order chi connectivity index (χ1) is 12.2. The predicted octanol–water partition coefficient (Wildman–Crippen LogP) is 4.66. The number of aromatic nitrogens is 1. The molecule has 1 aliphatic rings. The lowest BCUT2D eigenvalue weighted by Crippen LogP contribution is -2.04. The third-order valence-corrected chi connectivity index (χ3v) is 4.59. The van der Waals surface area contributed by atoms with Crippen molar-refractivity contribution in [3.8, 4) is 0 Å². The number of carbonyl (C=O) groups excluding carboxylic acids is 1. The molecule has 0 spiro atoms. The van der Waals surface area contributed by atoms with Gasteiger partial charge in [-0.3, -0.25) is 0 Å². The third-order valence-electron chi connectivity index (χ3n) is 4.18. The monoisotopic (exact) mass is 350 g/mol. The number of halogens is 1. The number of esters is 1. The molecule has 124 valence electrons. The molecule has 0 N–H and O–H groups in total. The van der Waals surface area contributed by atoms with Gasteiger partial charge < -0.3 is 9.30 Å². The van der Waals surface area contributed by atoms with E-state index in [0.29, 0.717) is 11.1 Å². The second kappa shape index (κ2) is 6.22. The van der Waals surface area contributed by atoms with E-state index in [1.807, 2.05) is 66.1 Å². The number of benzene rings is 2. The van der Waals surface area contributed by atoms with Crippen LogP contribution in [0.1, 0.15) is 18.1 Å². The standard InChI is InChI=1S/C20H15ClN2O2/c1-2-23-17-11-7-6-10-14(17)15(18(23)21)12-16-20(24)25-19(22-16)13-8-4-3-5-9-13/h3-12H,2H2,1H3. The van der Waals surface area contributed by atoms with Crippen molar-refractivity contribution in [2.24, 2.45) is 4.99 Å². The van der Waals surface area contributed by atoms with Crippen molar-refractivity contribution in [1.29, 1.82) is 0 Å². The Morgan fingerprint density at radius 2 is 1.84 bits per heavy atom. The maximum absolute atomic E-state index is 12.2. The summed E-state index contributed by atoms with van der Waals surface area (Å²) < 4.78 is 7.32. The van der Waals surface area contributed by atoms with Crippen molar-refractivity contribution < 1.29 is 9.53 Å². The van der Waals surface area contributed by atoms with Gasteiger partial charge in [-0.25, -0.2) is 9.79 Å². The van der Waals surface area contributed by atoms with E-state index in [2.05, 4.69) is 4.99 Å². The van der Waals surface area contributed by atoms with Gasteiger partial charge in [0.05, 0.1) is 0 Å². The first-order valence-electron chi connectivity index (χ1n) is 8.03. The van der Waals surface area contributed by atoms with Crippen molar-refractivity contribution in [1.82, 2.24) is 4.57 Å². The molecule has 0 amide bonds. The van der Waals surface area contributed by atoms with E-state index in [9.17, 15) is 4.79 Å². The number of hydrogen-bond donors (Lipinski definition) is 0. The fraction of sp³-hybridized carbons (Fsp3) is 0.100. The molecule has 0 radical (unpaired) electrons. The average Bonchev–Trinajstić information content (AvgIpc) is 3.14. The minimum Gasteiger partial charge on any atom is -0.402 e. The zero-order chi connectivity index (χ0) is 17.4. The van der Waals surface area contributed by atoms with Gasteiger partial charge in [0.1, 0.15) is 5.15 Å². The van der Waals surface area contributed by atoms with Crippen LogP contribution in [0.2, 0.25) is 5.15 Å². The molecular formula is C20H15ClN2O2. The molecule has 0 unspecified atom stereocenters. The Bertz CT molecular complexity index is 1030. The maximum Gasteiger partial charge on any atom is 0.363 e. The molecule has 4 rings (SSSR count). The average molecular weight is 351 g/mol. The van der Waals surface area contributed by atoms with Crippen LogP contribution in [0, 0.1) is 0 Å². The number of para-hydroxylation sites is 1. The zero-order valence-corrected chi connectivity index (χ0v) is 14.3. The van der Waals surface area contributed by atoms with Crippen molar-refractivity contribution in [2.45, 2.75) is 13.5 Å². The molecule has 2 aromatic carbocycles. The maximum atomic E-state index is 12.2. The van der Waals surface area contributed by atoms with Crippen LogP contribution in [-0.2, 0) is 16.1 Å². The van der Waals surface area contributed by atoms with Gasteiger partial charge in [0, 0.05) is 28.6 Å². The quantitative estimate of drug-likeness (QED) is 0.509. The number of fused-ring (bicyclic) bond motifs is 1. The van der Waals surface area contributed by atoms with Gasteiger partial charge in [-0.15, -0.1) is 0 Å². The topological polar surface area (TPSA) is 43.6 Å². The normalized spacial score (nSPS) is 15.7. The Morgan fingerprint density at radius 3 is 2.60 bits per heavy atom. The first-order valence-corrected chi connectivity index (χ1v) is 8.41. The van der Waals surface area contributed by atoms with Gasteiger partial charge in [0.15, 0.2) is 5.70 Å². The summed E-state index contributed by atoms with van der Waals surface area (Å²) in [6.45, 7) is 2.77. The van der Waals surface area contributed by atoms with Gasteiger partial charge in [0.25, 0.3) is 0 Å². The molecule has 0 saturated carbocycles. The Hall–Kier alpha value is -2.85. The molecule has 0 aliphatic carbocycles. The number of aryl methyl sites for hydroxylation is 1. The molecular weight excluding hydrogens is 336 g/mol. The van der Waals surface area contributed by atoms with E-state index in [-0.39, 0.29) is 5.70 Å². The van der Waals surface area contributed by atoms with E-state index >= 15 is 0 Å². The Morgan fingerprint density at radius 1 is 1.12 bits per heavy atom. The predicted molar refractivity (Wildman–Crippen MR) is 99.7 cm³/mol. The van der Waals surface area contributed by atoms with E-state index in [4.69, 9.17) is 16.3 Å². The van der Waals surface area contributed by atoms with Crippen LogP contribution in [0.4, 0.5) is 0 Å². The summed E-state index contributed by atoms with van der Waals surface area (Å²) in [7, 11) is 0. The number of carbonyl (C=O) groups is 1. The summed E-state index contributed by atoms with van der Waals surface area (Å²) in [5.41, 5.74) is 2.82. The van der Waals surface area contributed by atoms with Gasteiger partial charge in [-0.05, 0) is 31.2 Å². The third kappa shape index (κ3) is 2.65. The lowest BCUT2D eigenvalue weighted by atomic mass is 10.1. The molecule has 4 nitrogen and oxygen atoms in total. The van der Waals surface area contributed by atoms with E-state index in [1.165, 1.54) is 0 Å². The summed E-state index contributed by atoms with van der Waals surface area (Å²) >= 11 is 6.55. The second-order valence-corrected chi connectivity index (χ2v) is 6.03. The number of aliphatic imine (C=N–C) groups is 1. The van der Waals surface area contributed by atoms with Crippen LogP contribution in [0.3, 0.4) is 0 Å². The van der Waals surface area contributed by atoms with Crippen molar-refractivity contribution in [2.75, 3.05) is 0 Å². The molecule has 0 atom stereocenters. The number of hydrogen-bond acceptors (Lipinski definition) is 3. The van der Waals surface area contributed by atoms with Crippen LogP contribution in [0.15, 0.2) is 65.3 Å². The van der Waals surface area contributed by atoms with Gasteiger partial charge in [-0.1, -0.05) is 48.0 Å². The summed E-state index contributed by atoms with van der Waals surface area (Å²) in [6, 6.07) is 17.3. The molecule has 0 bridgehead atoms. The zero-order valence-electron chi connectivity index (χ0n) is 13.6. The highest BCUT2D eigenvalue weighted by atomic mass is 35.5. The number of rotatable bonds is 3. The Balaban J connectivity index is 1.84. The molecule has 1 aromatic heterocycles. The van der Waals surface area contributed by atoms with Crippen LogP contribution in [0.5, 0.6) is 0 Å². The van der Waals surface area contributed by atoms with Gasteiger partial charge >= 0.3 is 5.97 Å². The highest BCUT2D eigenvalue weighted by molar-refractivity contribution is 6.33. The minimum atomic E-state index is -0.469. The fourth-order valence-corrected chi connectivity index (χ4v) is 3.36. The van der Waals surface area contributed by atoms with Crippen molar-refractivity contribution in [3.63, 3.8) is 0 Å². The summed E-state index contributed by atoms with van der Waals surface area (Å²) in [5.74, 6) is -0.157. The summed E-state index contributed by atoms with van der Waals surface area (Å²) in [4.78, 5) is 16.6. The van der Waals surface area contributed by atoms with Crippen LogP contribution >= 0.6 is 11.6 Å². The van der Waals surface area contributed by atoms with E-state index < -0.39 is 5.97 Å². The summed E-state index contributed by atoms with van der Waals surface area (Å²) in [6.07, 6.45) is 1.70. The van der Waals surface area contributed by atoms with E-state index in [1.54, 1.807) is 6.08 Å². The highest BCUT2D eigenvalue weighted by Gasteiger charge is 2.25. The SMILES string of the molecule is CCn1c(Cl)c(C=C2N=C(c3ccccc3)OC2=O)c2ccccc21. The van der Waals surface area contributed by atoms with Crippen LogP contribution in [0.25, 0.3) is 17.0 Å². The van der Waals surface area contributed by atoms with E-state index in [0.717, 1.165) is 28.6 Å².